The normalized spacial score (nSPS) is 29.5. The number of ether oxygens (including phenoxy) is 1. The lowest BCUT2D eigenvalue weighted by Gasteiger charge is -2.06. The number of rotatable bonds is 5. The van der Waals surface area contributed by atoms with Crippen LogP contribution in [0.1, 0.15) is 20.3 Å². The highest BCUT2D eigenvalue weighted by atomic mass is 19.1. The molecule has 2 atom stereocenters. The van der Waals surface area contributed by atoms with E-state index in [1.54, 1.807) is 0 Å². The van der Waals surface area contributed by atoms with Crippen LogP contribution in [0.3, 0.4) is 0 Å². The van der Waals surface area contributed by atoms with Gasteiger partial charge in [0.15, 0.2) is 0 Å². The summed E-state index contributed by atoms with van der Waals surface area (Å²) in [6.07, 6.45) is 1.66. The van der Waals surface area contributed by atoms with Gasteiger partial charge in [-0.25, -0.2) is 4.39 Å². The molecule has 1 aliphatic carbocycles. The second-order valence-corrected chi connectivity index (χ2v) is 3.21. The molecule has 1 N–H and O–H groups in total. The first-order valence-electron chi connectivity index (χ1n) is 4.19. The van der Waals surface area contributed by atoms with Crippen LogP contribution in [-0.2, 0) is 4.74 Å². The predicted octanol–water partition coefficient (Wildman–Crippen LogP) is 1.11. The van der Waals surface area contributed by atoms with E-state index < -0.39 is 0 Å². The van der Waals surface area contributed by atoms with Crippen LogP contribution in [0, 0.1) is 0 Å². The fourth-order valence-corrected chi connectivity index (χ4v) is 1.13. The van der Waals surface area contributed by atoms with Crippen molar-refractivity contribution in [3.63, 3.8) is 0 Å². The second kappa shape index (κ2) is 4.02. The van der Waals surface area contributed by atoms with Gasteiger partial charge in [-0.15, -0.1) is 0 Å². The summed E-state index contributed by atoms with van der Waals surface area (Å²) in [6.45, 7) is 4.21. The average molecular weight is 161 g/mol. The Morgan fingerprint density at radius 1 is 1.64 bits per heavy atom. The molecule has 1 rings (SSSR count). The maximum absolute atomic E-state index is 11.7. The molecular weight excluding hydrogens is 145 g/mol. The van der Waals surface area contributed by atoms with E-state index in [9.17, 15) is 4.39 Å². The maximum atomic E-state index is 11.7. The Hall–Kier alpha value is -0.150. The van der Waals surface area contributed by atoms with Gasteiger partial charge in [-0.3, -0.25) is 0 Å². The van der Waals surface area contributed by atoms with Gasteiger partial charge in [0.1, 0.15) is 6.67 Å². The average Bonchev–Trinajstić information content (AvgIpc) is 2.62. The minimum atomic E-state index is -0.287. The minimum Gasteiger partial charge on any atom is -0.374 e. The zero-order valence-electron chi connectivity index (χ0n) is 7.14. The van der Waals surface area contributed by atoms with Crippen molar-refractivity contribution in [2.45, 2.75) is 38.5 Å². The van der Waals surface area contributed by atoms with Crippen LogP contribution >= 0.6 is 0 Å². The maximum Gasteiger partial charge on any atom is 0.102 e. The summed E-state index contributed by atoms with van der Waals surface area (Å²) in [4.78, 5) is 0. The lowest BCUT2D eigenvalue weighted by atomic mass is 10.5. The highest BCUT2D eigenvalue weighted by Crippen LogP contribution is 2.26. The molecular formula is C8H16FNO. The predicted molar refractivity (Wildman–Crippen MR) is 42.4 cm³/mol. The van der Waals surface area contributed by atoms with Crippen molar-refractivity contribution in [3.8, 4) is 0 Å². The first-order chi connectivity index (χ1) is 5.24. The van der Waals surface area contributed by atoms with Crippen molar-refractivity contribution in [2.75, 3.05) is 13.2 Å². The Morgan fingerprint density at radius 2 is 2.36 bits per heavy atom. The number of halogens is 1. The third kappa shape index (κ3) is 3.16. The molecule has 0 radical (unpaired) electrons. The van der Waals surface area contributed by atoms with E-state index in [2.05, 4.69) is 5.32 Å². The van der Waals surface area contributed by atoms with E-state index in [0.29, 0.717) is 18.7 Å². The zero-order valence-corrected chi connectivity index (χ0v) is 7.14. The molecule has 66 valence electrons. The van der Waals surface area contributed by atoms with E-state index in [-0.39, 0.29) is 12.8 Å². The number of hydrogen-bond donors (Lipinski definition) is 1. The van der Waals surface area contributed by atoms with Crippen molar-refractivity contribution >= 4 is 0 Å². The fraction of sp³-hybridized carbons (Fsp3) is 1.00. The molecule has 0 amide bonds. The van der Waals surface area contributed by atoms with E-state index in [1.165, 1.54) is 0 Å². The highest BCUT2D eigenvalue weighted by Gasteiger charge is 2.38. The fourth-order valence-electron chi connectivity index (χ4n) is 1.13. The topological polar surface area (TPSA) is 21.3 Å². The smallest absolute Gasteiger partial charge is 0.102 e. The molecule has 2 nitrogen and oxygen atoms in total. The quantitative estimate of drug-likeness (QED) is 0.652. The van der Waals surface area contributed by atoms with E-state index in [1.807, 2.05) is 13.8 Å². The third-order valence-corrected chi connectivity index (χ3v) is 1.68. The van der Waals surface area contributed by atoms with Gasteiger partial charge >= 0.3 is 0 Å². The van der Waals surface area contributed by atoms with Crippen molar-refractivity contribution in [2.24, 2.45) is 0 Å². The first kappa shape index (κ1) is 8.94. The van der Waals surface area contributed by atoms with Crippen LogP contribution in [-0.4, -0.2) is 31.5 Å². The Morgan fingerprint density at radius 3 is 2.91 bits per heavy atom. The third-order valence-electron chi connectivity index (χ3n) is 1.68. The van der Waals surface area contributed by atoms with Crippen LogP contribution in [0.2, 0.25) is 0 Å². The molecule has 1 fully saturated rings. The summed E-state index contributed by atoms with van der Waals surface area (Å²) in [5.74, 6) is 0. The van der Waals surface area contributed by atoms with Gasteiger partial charge in [-0.2, -0.15) is 0 Å². The second-order valence-electron chi connectivity index (χ2n) is 3.21. The van der Waals surface area contributed by atoms with Crippen LogP contribution in [0.4, 0.5) is 4.39 Å². The van der Waals surface area contributed by atoms with Crippen LogP contribution in [0.5, 0.6) is 0 Å². The summed E-state index contributed by atoms with van der Waals surface area (Å²) >= 11 is 0. The molecule has 0 aliphatic heterocycles. The monoisotopic (exact) mass is 161 g/mol. The molecule has 2 unspecified atom stereocenters. The first-order valence-corrected chi connectivity index (χ1v) is 4.19. The largest absolute Gasteiger partial charge is 0.374 e. The molecule has 1 aliphatic rings. The summed E-state index contributed by atoms with van der Waals surface area (Å²) in [6, 6.07) is 0.410. The van der Waals surface area contributed by atoms with E-state index in [4.69, 9.17) is 4.74 Å². The van der Waals surface area contributed by atoms with Crippen molar-refractivity contribution < 1.29 is 9.13 Å². The number of nitrogens with one attached hydrogen (secondary N) is 1. The van der Waals surface area contributed by atoms with Gasteiger partial charge in [-0.05, 0) is 20.3 Å². The Labute approximate surface area is 67.1 Å². The van der Waals surface area contributed by atoms with Crippen molar-refractivity contribution in [1.82, 2.24) is 5.32 Å². The number of hydrogen-bond acceptors (Lipinski definition) is 2. The molecule has 0 saturated heterocycles. The molecule has 0 aromatic heterocycles. The van der Waals surface area contributed by atoms with Gasteiger partial charge in [0.25, 0.3) is 0 Å². The van der Waals surface area contributed by atoms with E-state index in [0.717, 1.165) is 6.42 Å². The summed E-state index contributed by atoms with van der Waals surface area (Å²) in [7, 11) is 0. The lowest BCUT2D eigenvalue weighted by Crippen LogP contribution is -2.23. The summed E-state index contributed by atoms with van der Waals surface area (Å²) < 4.78 is 17.2. The SMILES string of the molecule is CC(C)OC1CC1NCCF. The molecule has 0 aromatic rings. The van der Waals surface area contributed by atoms with Gasteiger partial charge < -0.3 is 10.1 Å². The Balaban J connectivity index is 1.98. The van der Waals surface area contributed by atoms with Gasteiger partial charge in [-0.1, -0.05) is 0 Å². The highest BCUT2D eigenvalue weighted by molar-refractivity contribution is 4.95. The van der Waals surface area contributed by atoms with Crippen molar-refractivity contribution in [1.29, 1.82) is 0 Å². The van der Waals surface area contributed by atoms with Crippen LogP contribution in [0.25, 0.3) is 0 Å². The molecule has 3 heteroatoms. The molecule has 0 heterocycles. The summed E-state index contributed by atoms with van der Waals surface area (Å²) in [5.41, 5.74) is 0. The molecule has 0 aromatic carbocycles. The molecule has 11 heavy (non-hydrogen) atoms. The number of alkyl halides is 1. The summed E-state index contributed by atoms with van der Waals surface area (Å²) in [5, 5.41) is 3.06. The van der Waals surface area contributed by atoms with Crippen LogP contribution in [0.15, 0.2) is 0 Å². The van der Waals surface area contributed by atoms with E-state index >= 15 is 0 Å². The molecule has 0 spiro atoms. The Bertz CT molecular complexity index is 119. The molecule has 1 saturated carbocycles. The van der Waals surface area contributed by atoms with Crippen molar-refractivity contribution in [3.05, 3.63) is 0 Å². The standard InChI is InChI=1S/C8H16FNO/c1-6(2)11-8-5-7(8)10-4-3-9/h6-8,10H,3-5H2,1-2H3. The van der Waals surface area contributed by atoms with Gasteiger partial charge in [0.05, 0.1) is 12.2 Å². The Kier molecular flexibility index (Phi) is 3.27. The molecule has 0 bridgehead atoms. The van der Waals surface area contributed by atoms with Gasteiger partial charge in [0.2, 0.25) is 0 Å². The van der Waals surface area contributed by atoms with Gasteiger partial charge in [0, 0.05) is 12.6 Å². The zero-order chi connectivity index (χ0) is 8.27. The van der Waals surface area contributed by atoms with Crippen LogP contribution < -0.4 is 5.32 Å². The lowest BCUT2D eigenvalue weighted by molar-refractivity contribution is 0.0594. The minimum absolute atomic E-state index is 0.287.